The predicted molar refractivity (Wildman–Crippen MR) is 86.2 cm³/mol. The topological polar surface area (TPSA) is 46.0 Å². The van der Waals surface area contributed by atoms with Gasteiger partial charge in [0.15, 0.2) is 0 Å². The van der Waals surface area contributed by atoms with Gasteiger partial charge in [0, 0.05) is 25.0 Å². The maximum atomic E-state index is 4.43. The SMILES string of the molecule is CCNC(Cc1ncnn1C)C1(N(C)C)CCC(C)CC1. The molecule has 1 aliphatic rings. The Morgan fingerprint density at radius 3 is 2.57 bits per heavy atom. The van der Waals surface area contributed by atoms with Crippen LogP contribution in [0.2, 0.25) is 0 Å². The van der Waals surface area contributed by atoms with Crippen molar-refractivity contribution in [1.29, 1.82) is 0 Å². The van der Waals surface area contributed by atoms with Crippen LogP contribution < -0.4 is 5.32 Å². The van der Waals surface area contributed by atoms with Crippen LogP contribution in [0.25, 0.3) is 0 Å². The fourth-order valence-electron chi connectivity index (χ4n) is 3.76. The van der Waals surface area contributed by atoms with Gasteiger partial charge in [0.1, 0.15) is 12.2 Å². The van der Waals surface area contributed by atoms with E-state index in [4.69, 9.17) is 0 Å². The fraction of sp³-hybridized carbons (Fsp3) is 0.875. The number of rotatable bonds is 6. The molecule has 0 saturated heterocycles. The van der Waals surface area contributed by atoms with Crippen molar-refractivity contribution < 1.29 is 0 Å². The van der Waals surface area contributed by atoms with Crippen molar-refractivity contribution in [1.82, 2.24) is 25.0 Å². The molecule has 120 valence electrons. The molecule has 1 aliphatic carbocycles. The molecule has 1 unspecified atom stereocenters. The summed E-state index contributed by atoms with van der Waals surface area (Å²) in [4.78, 5) is 6.88. The zero-order valence-electron chi connectivity index (χ0n) is 14.3. The first-order valence-electron chi connectivity index (χ1n) is 8.23. The summed E-state index contributed by atoms with van der Waals surface area (Å²) >= 11 is 0. The van der Waals surface area contributed by atoms with Gasteiger partial charge < -0.3 is 10.2 Å². The zero-order chi connectivity index (χ0) is 15.5. The number of hydrogen-bond acceptors (Lipinski definition) is 4. The minimum atomic E-state index is 0.231. The van der Waals surface area contributed by atoms with E-state index in [1.807, 2.05) is 11.7 Å². The van der Waals surface area contributed by atoms with Crippen molar-refractivity contribution in [3.8, 4) is 0 Å². The van der Waals surface area contributed by atoms with Gasteiger partial charge in [-0.05, 0) is 52.2 Å². The molecule has 0 aromatic carbocycles. The predicted octanol–water partition coefficient (Wildman–Crippen LogP) is 1.85. The van der Waals surface area contributed by atoms with E-state index in [1.165, 1.54) is 25.7 Å². The maximum Gasteiger partial charge on any atom is 0.138 e. The molecule has 1 aromatic heterocycles. The molecule has 1 aromatic rings. The normalized spacial score (nSPS) is 28.0. The molecule has 1 atom stereocenters. The van der Waals surface area contributed by atoms with Gasteiger partial charge >= 0.3 is 0 Å². The van der Waals surface area contributed by atoms with Crippen LogP contribution in [0.5, 0.6) is 0 Å². The van der Waals surface area contributed by atoms with Crippen LogP contribution in [0.4, 0.5) is 0 Å². The minimum Gasteiger partial charge on any atom is -0.312 e. The highest BCUT2D eigenvalue weighted by Crippen LogP contribution is 2.38. The first kappa shape index (κ1) is 16.4. The Labute approximate surface area is 129 Å². The first-order valence-corrected chi connectivity index (χ1v) is 8.23. The van der Waals surface area contributed by atoms with Crippen molar-refractivity contribution in [2.45, 2.75) is 57.5 Å². The quantitative estimate of drug-likeness (QED) is 0.869. The summed E-state index contributed by atoms with van der Waals surface area (Å²) in [6.45, 7) is 5.57. The summed E-state index contributed by atoms with van der Waals surface area (Å²) in [5.74, 6) is 1.93. The van der Waals surface area contributed by atoms with E-state index >= 15 is 0 Å². The van der Waals surface area contributed by atoms with E-state index in [0.29, 0.717) is 6.04 Å². The van der Waals surface area contributed by atoms with Crippen molar-refractivity contribution in [2.75, 3.05) is 20.6 Å². The zero-order valence-corrected chi connectivity index (χ0v) is 14.3. The molecule has 5 nitrogen and oxygen atoms in total. The summed E-state index contributed by atoms with van der Waals surface area (Å²) < 4.78 is 1.90. The molecule has 0 spiro atoms. The molecule has 1 heterocycles. The second kappa shape index (κ2) is 6.88. The lowest BCUT2D eigenvalue weighted by atomic mass is 9.71. The molecule has 0 radical (unpaired) electrons. The number of nitrogens with one attached hydrogen (secondary N) is 1. The van der Waals surface area contributed by atoms with E-state index < -0.39 is 0 Å². The van der Waals surface area contributed by atoms with Crippen molar-refractivity contribution in [2.24, 2.45) is 13.0 Å². The Bertz CT molecular complexity index is 432. The second-order valence-corrected chi connectivity index (χ2v) is 6.79. The van der Waals surface area contributed by atoms with Crippen molar-refractivity contribution in [3.63, 3.8) is 0 Å². The van der Waals surface area contributed by atoms with Gasteiger partial charge in [-0.25, -0.2) is 4.98 Å². The molecule has 0 aliphatic heterocycles. The van der Waals surface area contributed by atoms with Gasteiger partial charge in [0.25, 0.3) is 0 Å². The molecule has 1 N–H and O–H groups in total. The largest absolute Gasteiger partial charge is 0.312 e. The van der Waals surface area contributed by atoms with Gasteiger partial charge in [0.2, 0.25) is 0 Å². The Hall–Kier alpha value is -0.940. The van der Waals surface area contributed by atoms with Gasteiger partial charge in [-0.3, -0.25) is 4.68 Å². The van der Waals surface area contributed by atoms with Crippen LogP contribution in [-0.4, -0.2) is 51.9 Å². The third-order valence-corrected chi connectivity index (χ3v) is 5.32. The smallest absolute Gasteiger partial charge is 0.138 e. The molecule has 0 amide bonds. The molecule has 21 heavy (non-hydrogen) atoms. The summed E-state index contributed by atoms with van der Waals surface area (Å²) in [5.41, 5.74) is 0.231. The standard InChI is InChI=1S/C16H31N5/c1-6-17-14(11-15-18-12-19-21(15)5)16(20(3)4)9-7-13(2)8-10-16/h12-14,17H,6-11H2,1-5H3. The molecule has 1 saturated carbocycles. The summed E-state index contributed by atoms with van der Waals surface area (Å²) in [7, 11) is 6.45. The van der Waals surface area contributed by atoms with Crippen LogP contribution in [0.3, 0.4) is 0 Å². The lowest BCUT2D eigenvalue weighted by Gasteiger charge is -2.50. The molecular formula is C16H31N5. The van der Waals surface area contributed by atoms with E-state index in [2.05, 4.69) is 48.2 Å². The van der Waals surface area contributed by atoms with Gasteiger partial charge in [0.05, 0.1) is 0 Å². The highest BCUT2D eigenvalue weighted by molar-refractivity contribution is 5.05. The van der Waals surface area contributed by atoms with Crippen LogP contribution in [0.1, 0.15) is 45.4 Å². The Kier molecular flexibility index (Phi) is 5.38. The Morgan fingerprint density at radius 2 is 2.10 bits per heavy atom. The summed E-state index contributed by atoms with van der Waals surface area (Å²) in [6, 6.07) is 0.424. The monoisotopic (exact) mass is 293 g/mol. The minimum absolute atomic E-state index is 0.231. The highest BCUT2D eigenvalue weighted by Gasteiger charge is 2.43. The van der Waals surface area contributed by atoms with Crippen molar-refractivity contribution in [3.05, 3.63) is 12.2 Å². The van der Waals surface area contributed by atoms with E-state index in [0.717, 1.165) is 24.7 Å². The Balaban J connectivity index is 2.22. The average molecular weight is 293 g/mol. The molecule has 1 fully saturated rings. The lowest BCUT2D eigenvalue weighted by Crippen LogP contribution is -2.61. The van der Waals surface area contributed by atoms with Crippen LogP contribution in [-0.2, 0) is 13.5 Å². The number of aryl methyl sites for hydroxylation is 1. The number of aromatic nitrogens is 3. The fourth-order valence-corrected chi connectivity index (χ4v) is 3.76. The number of nitrogens with zero attached hydrogens (tertiary/aromatic N) is 4. The maximum absolute atomic E-state index is 4.43. The molecular weight excluding hydrogens is 262 g/mol. The van der Waals surface area contributed by atoms with Gasteiger partial charge in [-0.1, -0.05) is 13.8 Å². The van der Waals surface area contributed by atoms with Crippen LogP contribution in [0.15, 0.2) is 6.33 Å². The number of hydrogen-bond donors (Lipinski definition) is 1. The third-order valence-electron chi connectivity index (χ3n) is 5.32. The molecule has 2 rings (SSSR count). The van der Waals surface area contributed by atoms with Crippen molar-refractivity contribution >= 4 is 0 Å². The lowest BCUT2D eigenvalue weighted by molar-refractivity contribution is 0.0430. The summed E-state index contributed by atoms with van der Waals surface area (Å²) in [5, 5.41) is 7.95. The van der Waals surface area contributed by atoms with E-state index in [1.54, 1.807) is 6.33 Å². The average Bonchev–Trinajstić information content (AvgIpc) is 2.85. The van der Waals surface area contributed by atoms with E-state index in [-0.39, 0.29) is 5.54 Å². The Morgan fingerprint density at radius 1 is 1.43 bits per heavy atom. The molecule has 0 bridgehead atoms. The number of likely N-dealkylation sites (N-methyl/N-ethyl adjacent to an activating group) is 2. The third kappa shape index (κ3) is 3.46. The highest BCUT2D eigenvalue weighted by atomic mass is 15.3. The van der Waals surface area contributed by atoms with E-state index in [9.17, 15) is 0 Å². The van der Waals surface area contributed by atoms with Crippen LogP contribution in [0, 0.1) is 5.92 Å². The second-order valence-electron chi connectivity index (χ2n) is 6.79. The van der Waals surface area contributed by atoms with Gasteiger partial charge in [-0.2, -0.15) is 5.10 Å². The van der Waals surface area contributed by atoms with Gasteiger partial charge in [-0.15, -0.1) is 0 Å². The first-order chi connectivity index (χ1) is 9.99. The van der Waals surface area contributed by atoms with Crippen LogP contribution >= 0.6 is 0 Å². The molecule has 5 heteroatoms. The summed E-state index contributed by atoms with van der Waals surface area (Å²) in [6.07, 6.45) is 7.76.